The zero-order valence-corrected chi connectivity index (χ0v) is 12.8. The summed E-state index contributed by atoms with van der Waals surface area (Å²) in [7, 11) is 1.76. The fourth-order valence-corrected chi connectivity index (χ4v) is 2.06. The lowest BCUT2D eigenvalue weighted by atomic mass is 9.77. The van der Waals surface area contributed by atoms with E-state index in [9.17, 15) is 0 Å². The first-order chi connectivity index (χ1) is 7.88. The van der Waals surface area contributed by atoms with Gasteiger partial charge in [0.1, 0.15) is 0 Å². The Morgan fingerprint density at radius 3 is 2.24 bits per heavy atom. The number of ether oxygens (including phenoxy) is 1. The lowest BCUT2D eigenvalue weighted by molar-refractivity contribution is 0.181. The van der Waals surface area contributed by atoms with Crippen molar-refractivity contribution in [3.8, 4) is 0 Å². The van der Waals surface area contributed by atoms with Gasteiger partial charge in [0.25, 0.3) is 0 Å². The molecule has 0 spiro atoms. The van der Waals surface area contributed by atoms with Crippen molar-refractivity contribution in [2.75, 3.05) is 26.8 Å². The molecule has 2 heteroatoms. The molecule has 2 nitrogen and oxygen atoms in total. The molecule has 0 heterocycles. The van der Waals surface area contributed by atoms with Gasteiger partial charge in [0.05, 0.1) is 6.61 Å². The molecule has 0 saturated heterocycles. The van der Waals surface area contributed by atoms with E-state index >= 15 is 0 Å². The zero-order chi connectivity index (χ0) is 13.3. The minimum atomic E-state index is 0.400. The highest BCUT2D eigenvalue weighted by Crippen LogP contribution is 2.30. The standard InChI is InChI=1S/C15H33NO/c1-13(2)8-7-9-14(15(3,4)5)12-16-10-11-17-6/h13-14,16H,7-12H2,1-6H3. The first kappa shape index (κ1) is 16.9. The number of nitrogens with one attached hydrogen (secondary N) is 1. The molecule has 0 amide bonds. The predicted octanol–water partition coefficient (Wildman–Crippen LogP) is 3.71. The molecule has 0 aromatic carbocycles. The number of methoxy groups -OCH3 is 1. The minimum absolute atomic E-state index is 0.400. The van der Waals surface area contributed by atoms with Crippen LogP contribution in [0.25, 0.3) is 0 Å². The third kappa shape index (κ3) is 9.61. The van der Waals surface area contributed by atoms with E-state index in [4.69, 9.17) is 4.74 Å². The summed E-state index contributed by atoms with van der Waals surface area (Å²) in [5.74, 6) is 1.59. The van der Waals surface area contributed by atoms with Gasteiger partial charge in [-0.1, -0.05) is 47.5 Å². The summed E-state index contributed by atoms with van der Waals surface area (Å²) < 4.78 is 5.06. The summed E-state index contributed by atoms with van der Waals surface area (Å²) in [4.78, 5) is 0. The summed E-state index contributed by atoms with van der Waals surface area (Å²) in [5.41, 5.74) is 0.400. The quantitative estimate of drug-likeness (QED) is 0.623. The van der Waals surface area contributed by atoms with Crippen LogP contribution in [0.4, 0.5) is 0 Å². The summed E-state index contributed by atoms with van der Waals surface area (Å²) in [6.45, 7) is 14.6. The predicted molar refractivity (Wildman–Crippen MR) is 76.4 cm³/mol. The molecular formula is C15H33NO. The van der Waals surface area contributed by atoms with E-state index in [1.165, 1.54) is 19.3 Å². The van der Waals surface area contributed by atoms with Crippen molar-refractivity contribution in [3.05, 3.63) is 0 Å². The Kier molecular flexibility index (Phi) is 8.89. The second-order valence-corrected chi connectivity index (χ2v) is 6.58. The van der Waals surface area contributed by atoms with Crippen LogP contribution in [0.15, 0.2) is 0 Å². The average Bonchev–Trinajstić information content (AvgIpc) is 2.19. The average molecular weight is 243 g/mol. The monoisotopic (exact) mass is 243 g/mol. The molecule has 0 rings (SSSR count). The number of hydrogen-bond acceptors (Lipinski definition) is 2. The van der Waals surface area contributed by atoms with Gasteiger partial charge in [0.2, 0.25) is 0 Å². The molecule has 0 aromatic rings. The van der Waals surface area contributed by atoms with Gasteiger partial charge >= 0.3 is 0 Å². The van der Waals surface area contributed by atoms with Gasteiger partial charge in [-0.05, 0) is 30.2 Å². The van der Waals surface area contributed by atoms with Crippen molar-refractivity contribution in [2.45, 2.75) is 53.9 Å². The highest BCUT2D eigenvalue weighted by atomic mass is 16.5. The van der Waals surface area contributed by atoms with Crippen molar-refractivity contribution in [1.82, 2.24) is 5.32 Å². The van der Waals surface area contributed by atoms with Crippen molar-refractivity contribution in [1.29, 1.82) is 0 Å². The molecule has 0 aliphatic heterocycles. The van der Waals surface area contributed by atoms with Gasteiger partial charge < -0.3 is 10.1 Å². The smallest absolute Gasteiger partial charge is 0.0587 e. The summed E-state index contributed by atoms with van der Waals surface area (Å²) in [5, 5.41) is 3.51. The lowest BCUT2D eigenvalue weighted by Crippen LogP contribution is -2.33. The molecule has 0 aromatic heterocycles. The van der Waals surface area contributed by atoms with Gasteiger partial charge in [-0.2, -0.15) is 0 Å². The van der Waals surface area contributed by atoms with Crippen LogP contribution in [0.3, 0.4) is 0 Å². The number of rotatable bonds is 9. The van der Waals surface area contributed by atoms with Crippen LogP contribution in [0, 0.1) is 17.3 Å². The van der Waals surface area contributed by atoms with Gasteiger partial charge in [-0.3, -0.25) is 0 Å². The Morgan fingerprint density at radius 2 is 1.76 bits per heavy atom. The van der Waals surface area contributed by atoms with E-state index in [0.29, 0.717) is 5.41 Å². The van der Waals surface area contributed by atoms with Crippen LogP contribution in [0.1, 0.15) is 53.9 Å². The largest absolute Gasteiger partial charge is 0.383 e. The fraction of sp³-hybridized carbons (Fsp3) is 1.00. The van der Waals surface area contributed by atoms with Crippen molar-refractivity contribution in [3.63, 3.8) is 0 Å². The normalized spacial score (nSPS) is 14.3. The van der Waals surface area contributed by atoms with Crippen molar-refractivity contribution >= 4 is 0 Å². The third-order valence-corrected chi connectivity index (χ3v) is 3.43. The van der Waals surface area contributed by atoms with Gasteiger partial charge in [0, 0.05) is 13.7 Å². The molecule has 0 aliphatic carbocycles. The Hall–Kier alpha value is -0.0800. The minimum Gasteiger partial charge on any atom is -0.383 e. The van der Waals surface area contributed by atoms with Crippen LogP contribution in [-0.4, -0.2) is 26.8 Å². The Bertz CT molecular complexity index is 172. The van der Waals surface area contributed by atoms with Crippen LogP contribution in [0.5, 0.6) is 0 Å². The van der Waals surface area contributed by atoms with Crippen molar-refractivity contribution < 1.29 is 4.74 Å². The van der Waals surface area contributed by atoms with Gasteiger partial charge in [-0.25, -0.2) is 0 Å². The second kappa shape index (κ2) is 8.93. The van der Waals surface area contributed by atoms with E-state index in [-0.39, 0.29) is 0 Å². The van der Waals surface area contributed by atoms with Gasteiger partial charge in [0.15, 0.2) is 0 Å². The highest BCUT2D eigenvalue weighted by molar-refractivity contribution is 4.76. The summed E-state index contributed by atoms with van der Waals surface area (Å²) >= 11 is 0. The summed E-state index contributed by atoms with van der Waals surface area (Å²) in [6, 6.07) is 0. The van der Waals surface area contributed by atoms with E-state index in [1.54, 1.807) is 7.11 Å². The molecule has 0 radical (unpaired) electrons. The molecule has 104 valence electrons. The molecule has 0 bridgehead atoms. The van der Waals surface area contributed by atoms with Crippen molar-refractivity contribution in [2.24, 2.45) is 17.3 Å². The van der Waals surface area contributed by atoms with E-state index in [0.717, 1.165) is 31.5 Å². The topological polar surface area (TPSA) is 21.3 Å². The van der Waals surface area contributed by atoms with E-state index in [1.807, 2.05) is 0 Å². The van der Waals surface area contributed by atoms with Crippen LogP contribution in [0.2, 0.25) is 0 Å². The number of hydrogen-bond donors (Lipinski definition) is 1. The van der Waals surface area contributed by atoms with Gasteiger partial charge in [-0.15, -0.1) is 0 Å². The third-order valence-electron chi connectivity index (χ3n) is 3.43. The summed E-state index contributed by atoms with van der Waals surface area (Å²) in [6.07, 6.45) is 4.04. The van der Waals surface area contributed by atoms with Crippen LogP contribution < -0.4 is 5.32 Å². The zero-order valence-electron chi connectivity index (χ0n) is 12.8. The SMILES string of the molecule is COCCNCC(CCCC(C)C)C(C)(C)C. The highest BCUT2D eigenvalue weighted by Gasteiger charge is 2.23. The Labute approximate surface area is 109 Å². The maximum atomic E-state index is 5.06. The lowest BCUT2D eigenvalue weighted by Gasteiger charge is -2.31. The first-order valence-corrected chi connectivity index (χ1v) is 7.07. The maximum Gasteiger partial charge on any atom is 0.0587 e. The van der Waals surface area contributed by atoms with Crippen LogP contribution in [-0.2, 0) is 4.74 Å². The van der Waals surface area contributed by atoms with E-state index in [2.05, 4.69) is 39.9 Å². The molecule has 0 saturated carbocycles. The fourth-order valence-electron chi connectivity index (χ4n) is 2.06. The molecular weight excluding hydrogens is 210 g/mol. The molecule has 0 fully saturated rings. The molecule has 1 atom stereocenters. The second-order valence-electron chi connectivity index (χ2n) is 6.58. The first-order valence-electron chi connectivity index (χ1n) is 7.07. The van der Waals surface area contributed by atoms with E-state index < -0.39 is 0 Å². The molecule has 1 unspecified atom stereocenters. The molecule has 17 heavy (non-hydrogen) atoms. The maximum absolute atomic E-state index is 5.06. The molecule has 0 aliphatic rings. The molecule has 1 N–H and O–H groups in total. The Morgan fingerprint density at radius 1 is 1.12 bits per heavy atom. The Balaban J connectivity index is 3.90. The van der Waals surface area contributed by atoms with Crippen LogP contribution >= 0.6 is 0 Å².